The van der Waals surface area contributed by atoms with Crippen molar-refractivity contribution in [3.05, 3.63) is 82.7 Å². The molecule has 4 aromatic heterocycles. The smallest absolute Gasteiger partial charge is 0.343 e. The molecule has 0 N–H and O–H groups in total. The minimum atomic E-state index is -0.393. The standard InChI is InChI=1S/C26H28N6.Pd/c1-5-20-18-10-7-11-19-17-32(30-21(19)6-2)25-15-9-13-23(28-25)26(3,4)22-12-8-14-24(27-22)31(16-18)29-20;/h8-9,12-15H,5-7,10-11H2,1-4H3;/q-2;+2. The second kappa shape index (κ2) is 9.32. The number of aromatic nitrogens is 6. The zero-order chi connectivity index (χ0) is 22.3. The van der Waals surface area contributed by atoms with Crippen LogP contribution in [0.4, 0.5) is 0 Å². The van der Waals surface area contributed by atoms with Crippen LogP contribution >= 0.6 is 0 Å². The van der Waals surface area contributed by atoms with E-state index in [2.05, 4.69) is 52.2 Å². The number of rotatable bonds is 2. The summed E-state index contributed by atoms with van der Waals surface area (Å²) in [5.74, 6) is 1.58. The molecular weight excluding hydrogens is 503 g/mol. The van der Waals surface area contributed by atoms with Crippen LogP contribution in [0, 0.1) is 12.4 Å². The van der Waals surface area contributed by atoms with Gasteiger partial charge in [-0.1, -0.05) is 63.3 Å². The third-order valence-corrected chi connectivity index (χ3v) is 6.33. The third-order valence-electron chi connectivity index (χ3n) is 6.33. The first-order chi connectivity index (χ1) is 15.5. The molecule has 0 aromatic carbocycles. The van der Waals surface area contributed by atoms with E-state index in [1.165, 1.54) is 11.1 Å². The molecule has 5 heterocycles. The molecule has 33 heavy (non-hydrogen) atoms. The number of hydrogen-bond acceptors (Lipinski definition) is 4. The van der Waals surface area contributed by atoms with Crippen LogP contribution in [0.5, 0.6) is 0 Å². The first-order valence-corrected chi connectivity index (χ1v) is 11.5. The van der Waals surface area contributed by atoms with Crippen molar-refractivity contribution in [2.24, 2.45) is 0 Å². The Kier molecular flexibility index (Phi) is 6.65. The van der Waals surface area contributed by atoms with Crippen LogP contribution in [-0.2, 0) is 51.5 Å². The summed E-state index contributed by atoms with van der Waals surface area (Å²) in [5, 5.41) is 9.62. The number of hydrogen-bond donors (Lipinski definition) is 0. The zero-order valence-corrected chi connectivity index (χ0v) is 21.1. The van der Waals surface area contributed by atoms with Gasteiger partial charge < -0.3 is 9.36 Å². The molecule has 0 saturated carbocycles. The second-order valence-electron chi connectivity index (χ2n) is 8.85. The van der Waals surface area contributed by atoms with Crippen molar-refractivity contribution in [1.82, 2.24) is 29.5 Å². The van der Waals surface area contributed by atoms with Gasteiger partial charge in [0.05, 0.1) is 11.6 Å². The fourth-order valence-electron chi connectivity index (χ4n) is 4.33. The Morgan fingerprint density at radius 1 is 0.788 bits per heavy atom. The molecule has 0 atom stereocenters. The molecule has 8 bridgehead atoms. The molecule has 172 valence electrons. The summed E-state index contributed by atoms with van der Waals surface area (Å²) < 4.78 is 3.62. The van der Waals surface area contributed by atoms with Crippen molar-refractivity contribution >= 4 is 0 Å². The van der Waals surface area contributed by atoms with Crippen LogP contribution in [0.2, 0.25) is 0 Å². The minimum Gasteiger partial charge on any atom is -0.343 e. The van der Waals surface area contributed by atoms with E-state index in [9.17, 15) is 0 Å². The fraction of sp³-hybridized carbons (Fsp3) is 0.385. The van der Waals surface area contributed by atoms with Gasteiger partial charge in [0.15, 0.2) is 0 Å². The van der Waals surface area contributed by atoms with Gasteiger partial charge in [-0.05, 0) is 56.6 Å². The molecule has 4 aromatic rings. The number of aryl methyl sites for hydroxylation is 4. The Morgan fingerprint density at radius 3 is 1.67 bits per heavy atom. The van der Waals surface area contributed by atoms with E-state index in [-0.39, 0.29) is 20.4 Å². The SMILES string of the molecule is CCc1nn2[c-]c1CCCc1[c-]n(nc1CC)-c1cccc(n1)C(C)(C)c1cccc-2n1.[Pd+2]. The number of fused-ring (bicyclic) bond motifs is 10. The van der Waals surface area contributed by atoms with E-state index < -0.39 is 5.41 Å². The van der Waals surface area contributed by atoms with Crippen LogP contribution in [0.15, 0.2) is 36.4 Å². The molecule has 0 amide bonds. The summed E-state index contributed by atoms with van der Waals surface area (Å²) in [5.41, 5.74) is 6.00. The van der Waals surface area contributed by atoms with Gasteiger partial charge in [0.1, 0.15) is 0 Å². The van der Waals surface area contributed by atoms with Gasteiger partial charge in [-0.2, -0.15) is 0 Å². The summed E-state index contributed by atoms with van der Waals surface area (Å²) >= 11 is 0. The van der Waals surface area contributed by atoms with Crippen molar-refractivity contribution in [2.75, 3.05) is 0 Å². The van der Waals surface area contributed by atoms with Crippen LogP contribution in [0.1, 0.15) is 68.0 Å². The van der Waals surface area contributed by atoms with Gasteiger partial charge in [-0.15, -0.1) is 11.1 Å². The average molecular weight is 531 g/mol. The Morgan fingerprint density at radius 2 is 1.24 bits per heavy atom. The topological polar surface area (TPSA) is 61.4 Å². The molecule has 0 aliphatic carbocycles. The maximum Gasteiger partial charge on any atom is 2.00 e. The minimum absolute atomic E-state index is 0. The summed E-state index contributed by atoms with van der Waals surface area (Å²) in [6, 6.07) is 12.2. The molecule has 0 unspecified atom stereocenters. The van der Waals surface area contributed by atoms with E-state index in [1.807, 2.05) is 33.6 Å². The van der Waals surface area contributed by atoms with Crippen molar-refractivity contribution < 1.29 is 20.4 Å². The fourth-order valence-corrected chi connectivity index (χ4v) is 4.33. The van der Waals surface area contributed by atoms with Crippen LogP contribution in [0.25, 0.3) is 11.6 Å². The third kappa shape index (κ3) is 4.32. The van der Waals surface area contributed by atoms with Crippen molar-refractivity contribution in [3.63, 3.8) is 0 Å². The summed E-state index contributed by atoms with van der Waals surface area (Å²) in [6.45, 7) is 8.59. The Labute approximate surface area is 209 Å². The maximum atomic E-state index is 4.97. The van der Waals surface area contributed by atoms with E-state index >= 15 is 0 Å². The molecule has 6 nitrogen and oxygen atoms in total. The predicted octanol–water partition coefficient (Wildman–Crippen LogP) is 4.39. The molecule has 0 spiro atoms. The Hall–Kier alpha value is -2.62. The monoisotopic (exact) mass is 530 g/mol. The second-order valence-corrected chi connectivity index (χ2v) is 8.85. The van der Waals surface area contributed by atoms with E-state index in [0.29, 0.717) is 0 Å². The molecule has 0 radical (unpaired) electrons. The van der Waals surface area contributed by atoms with Crippen molar-refractivity contribution in [3.8, 4) is 11.6 Å². The summed E-state index contributed by atoms with van der Waals surface area (Å²) in [6.07, 6.45) is 11.6. The molecule has 1 aliphatic heterocycles. The van der Waals surface area contributed by atoms with Crippen molar-refractivity contribution in [1.29, 1.82) is 0 Å². The van der Waals surface area contributed by atoms with Gasteiger partial charge in [0.2, 0.25) is 0 Å². The maximum absolute atomic E-state index is 4.97. The molecule has 7 heteroatoms. The first-order valence-electron chi connectivity index (χ1n) is 11.5. The van der Waals surface area contributed by atoms with E-state index in [4.69, 9.17) is 20.2 Å². The predicted molar refractivity (Wildman–Crippen MR) is 123 cm³/mol. The van der Waals surface area contributed by atoms with Gasteiger partial charge >= 0.3 is 20.4 Å². The quantitative estimate of drug-likeness (QED) is 0.285. The zero-order valence-electron chi connectivity index (χ0n) is 19.5. The van der Waals surface area contributed by atoms with Gasteiger partial charge in [-0.25, -0.2) is 0 Å². The van der Waals surface area contributed by atoms with Gasteiger partial charge in [0, 0.05) is 16.8 Å². The summed E-state index contributed by atoms with van der Waals surface area (Å²) in [4.78, 5) is 9.94. The summed E-state index contributed by atoms with van der Waals surface area (Å²) in [7, 11) is 0. The van der Waals surface area contributed by atoms with Crippen LogP contribution in [0.3, 0.4) is 0 Å². The van der Waals surface area contributed by atoms with E-state index in [0.717, 1.165) is 66.5 Å². The van der Waals surface area contributed by atoms with E-state index in [1.54, 1.807) is 0 Å². The molecule has 0 fully saturated rings. The molecule has 1 aliphatic rings. The van der Waals surface area contributed by atoms with Gasteiger partial charge in [-0.3, -0.25) is 20.2 Å². The normalized spacial score (nSPS) is 14.5. The van der Waals surface area contributed by atoms with Crippen molar-refractivity contribution in [2.45, 2.75) is 65.2 Å². The van der Waals surface area contributed by atoms with Gasteiger partial charge in [0.25, 0.3) is 0 Å². The molecular formula is C26H28N6Pd. The Bertz CT molecular complexity index is 1170. The Balaban J connectivity index is 0.00000259. The van der Waals surface area contributed by atoms with Crippen LogP contribution < -0.4 is 0 Å². The number of nitrogens with zero attached hydrogens (tertiary/aromatic N) is 6. The molecule has 5 rings (SSSR count). The first kappa shape index (κ1) is 23.5. The largest absolute Gasteiger partial charge is 2.00 e. The average Bonchev–Trinajstić information content (AvgIpc) is 3.43. The van der Waals surface area contributed by atoms with Crippen LogP contribution in [-0.4, -0.2) is 29.5 Å². The molecule has 0 saturated heterocycles. The number of pyridine rings is 2.